The number of fused-ring (bicyclic) bond motifs is 1. The number of hydrogen-bond donors (Lipinski definition) is 0. The van der Waals surface area contributed by atoms with Crippen molar-refractivity contribution >= 4 is 11.6 Å². The first-order valence-electron chi connectivity index (χ1n) is 5.17. The second-order valence-corrected chi connectivity index (χ2v) is 3.48. The van der Waals surface area contributed by atoms with E-state index in [4.69, 9.17) is 4.74 Å². The molecule has 5 heteroatoms. The highest BCUT2D eigenvalue weighted by Gasteiger charge is 2.19. The van der Waals surface area contributed by atoms with Crippen molar-refractivity contribution in [1.82, 2.24) is 14.4 Å². The van der Waals surface area contributed by atoms with Crippen LogP contribution in [0.1, 0.15) is 25.5 Å². The predicted octanol–water partition coefficient (Wildman–Crippen LogP) is 1.40. The summed E-state index contributed by atoms with van der Waals surface area (Å²) >= 11 is 0. The van der Waals surface area contributed by atoms with Gasteiger partial charge < -0.3 is 9.14 Å². The Hall–Kier alpha value is -1.91. The fraction of sp³-hybridized carbons (Fsp3) is 0.364. The van der Waals surface area contributed by atoms with Gasteiger partial charge in [-0.05, 0) is 13.8 Å². The molecule has 0 aliphatic heterocycles. The molecular formula is C11H13N3O2. The minimum absolute atomic E-state index is 0.251. The molecule has 0 fully saturated rings. The Balaban J connectivity index is 2.29. The van der Waals surface area contributed by atoms with Gasteiger partial charge in [-0.25, -0.2) is 4.98 Å². The topological polar surface area (TPSA) is 56.5 Å². The van der Waals surface area contributed by atoms with Crippen molar-refractivity contribution < 1.29 is 9.53 Å². The number of hydrogen-bond acceptors (Lipinski definition) is 4. The van der Waals surface area contributed by atoms with Crippen molar-refractivity contribution in [3.63, 3.8) is 0 Å². The molecule has 2 heterocycles. The van der Waals surface area contributed by atoms with Gasteiger partial charge >= 0.3 is 5.97 Å². The standard InChI is InChI=1S/C11H13N3O2/c1-3-16-11(15)8(2)9-7-14-5-4-12-6-10(14)13-9/h4-8H,3H2,1-2H3. The van der Waals surface area contributed by atoms with E-state index >= 15 is 0 Å². The van der Waals surface area contributed by atoms with Crippen molar-refractivity contribution in [1.29, 1.82) is 0 Å². The molecule has 0 aromatic carbocycles. The molecule has 2 aromatic heterocycles. The van der Waals surface area contributed by atoms with E-state index in [1.54, 1.807) is 32.4 Å². The largest absolute Gasteiger partial charge is 0.465 e. The van der Waals surface area contributed by atoms with Crippen LogP contribution >= 0.6 is 0 Å². The Kier molecular flexibility index (Phi) is 2.85. The van der Waals surface area contributed by atoms with Gasteiger partial charge in [0.15, 0.2) is 5.65 Å². The maximum Gasteiger partial charge on any atom is 0.314 e. The van der Waals surface area contributed by atoms with Gasteiger partial charge in [-0.1, -0.05) is 0 Å². The third-order valence-electron chi connectivity index (χ3n) is 2.37. The Morgan fingerprint density at radius 1 is 1.62 bits per heavy atom. The summed E-state index contributed by atoms with van der Waals surface area (Å²) in [4.78, 5) is 19.8. The van der Waals surface area contributed by atoms with Crippen molar-refractivity contribution in [2.24, 2.45) is 0 Å². The van der Waals surface area contributed by atoms with E-state index < -0.39 is 0 Å². The molecule has 1 atom stereocenters. The summed E-state index contributed by atoms with van der Waals surface area (Å²) in [6.45, 7) is 3.96. The molecule has 0 aliphatic carbocycles. The molecule has 0 radical (unpaired) electrons. The molecule has 16 heavy (non-hydrogen) atoms. The van der Waals surface area contributed by atoms with Crippen LogP contribution in [0.4, 0.5) is 0 Å². The van der Waals surface area contributed by atoms with Crippen molar-refractivity contribution in [3.8, 4) is 0 Å². The first-order valence-corrected chi connectivity index (χ1v) is 5.17. The van der Waals surface area contributed by atoms with E-state index in [0.717, 1.165) is 5.65 Å². The summed E-state index contributed by atoms with van der Waals surface area (Å²) in [7, 11) is 0. The van der Waals surface area contributed by atoms with Crippen LogP contribution in [-0.2, 0) is 9.53 Å². The maximum absolute atomic E-state index is 11.5. The van der Waals surface area contributed by atoms with Gasteiger partial charge in [0.05, 0.1) is 24.4 Å². The molecule has 1 unspecified atom stereocenters. The van der Waals surface area contributed by atoms with Crippen LogP contribution in [0.25, 0.3) is 5.65 Å². The van der Waals surface area contributed by atoms with Crippen LogP contribution in [0.15, 0.2) is 24.8 Å². The van der Waals surface area contributed by atoms with Crippen LogP contribution in [0.2, 0.25) is 0 Å². The highest BCUT2D eigenvalue weighted by atomic mass is 16.5. The Morgan fingerprint density at radius 2 is 2.44 bits per heavy atom. The second kappa shape index (κ2) is 4.30. The number of carbonyl (C=O) groups excluding carboxylic acids is 1. The first-order chi connectivity index (χ1) is 7.72. The summed E-state index contributed by atoms with van der Waals surface area (Å²) in [6, 6.07) is 0. The molecule has 0 N–H and O–H groups in total. The molecule has 5 nitrogen and oxygen atoms in total. The van der Waals surface area contributed by atoms with E-state index in [-0.39, 0.29) is 11.9 Å². The van der Waals surface area contributed by atoms with E-state index in [1.165, 1.54) is 0 Å². The average molecular weight is 219 g/mol. The van der Waals surface area contributed by atoms with Crippen molar-refractivity contribution in [3.05, 3.63) is 30.5 Å². The SMILES string of the molecule is CCOC(=O)C(C)c1cn2ccncc2n1. The number of rotatable bonds is 3. The van der Waals surface area contributed by atoms with Gasteiger partial charge in [-0.3, -0.25) is 9.78 Å². The Bertz CT molecular complexity index is 474. The molecule has 0 aliphatic rings. The molecular weight excluding hydrogens is 206 g/mol. The minimum Gasteiger partial charge on any atom is -0.465 e. The fourth-order valence-corrected chi connectivity index (χ4v) is 1.46. The van der Waals surface area contributed by atoms with Crippen LogP contribution in [-0.4, -0.2) is 26.9 Å². The van der Waals surface area contributed by atoms with Crippen LogP contribution in [0.5, 0.6) is 0 Å². The Labute approximate surface area is 93.1 Å². The van der Waals surface area contributed by atoms with E-state index in [2.05, 4.69) is 9.97 Å². The molecule has 2 aromatic rings. The molecule has 0 amide bonds. The monoisotopic (exact) mass is 219 g/mol. The number of aromatic nitrogens is 3. The van der Waals surface area contributed by atoms with Gasteiger partial charge in [-0.15, -0.1) is 0 Å². The van der Waals surface area contributed by atoms with Crippen molar-refractivity contribution in [2.75, 3.05) is 6.61 Å². The zero-order chi connectivity index (χ0) is 11.5. The summed E-state index contributed by atoms with van der Waals surface area (Å²) in [5.41, 5.74) is 1.43. The fourth-order valence-electron chi connectivity index (χ4n) is 1.46. The maximum atomic E-state index is 11.5. The summed E-state index contributed by atoms with van der Waals surface area (Å²) < 4.78 is 6.78. The van der Waals surface area contributed by atoms with Gasteiger partial charge in [0.1, 0.15) is 0 Å². The Morgan fingerprint density at radius 3 is 3.12 bits per heavy atom. The highest BCUT2D eigenvalue weighted by Crippen LogP contribution is 2.16. The third-order valence-corrected chi connectivity index (χ3v) is 2.37. The van der Waals surface area contributed by atoms with Gasteiger partial charge in [-0.2, -0.15) is 0 Å². The van der Waals surface area contributed by atoms with E-state index in [0.29, 0.717) is 12.3 Å². The quantitative estimate of drug-likeness (QED) is 0.732. The smallest absolute Gasteiger partial charge is 0.314 e. The second-order valence-electron chi connectivity index (χ2n) is 3.48. The van der Waals surface area contributed by atoms with Crippen LogP contribution in [0.3, 0.4) is 0 Å². The molecule has 0 spiro atoms. The minimum atomic E-state index is -0.347. The van der Waals surface area contributed by atoms with Crippen molar-refractivity contribution in [2.45, 2.75) is 19.8 Å². The van der Waals surface area contributed by atoms with Crippen LogP contribution < -0.4 is 0 Å². The molecule has 0 saturated carbocycles. The van der Waals surface area contributed by atoms with Gasteiger partial charge in [0.2, 0.25) is 0 Å². The normalized spacial score (nSPS) is 12.6. The molecule has 0 saturated heterocycles. The average Bonchev–Trinajstić information content (AvgIpc) is 2.71. The summed E-state index contributed by atoms with van der Waals surface area (Å²) in [5.74, 6) is -0.598. The molecule has 0 bridgehead atoms. The zero-order valence-corrected chi connectivity index (χ0v) is 9.25. The van der Waals surface area contributed by atoms with Gasteiger partial charge in [0, 0.05) is 18.6 Å². The predicted molar refractivity (Wildman–Crippen MR) is 58.0 cm³/mol. The number of ether oxygens (including phenoxy) is 1. The lowest BCUT2D eigenvalue weighted by Gasteiger charge is -2.06. The van der Waals surface area contributed by atoms with E-state index in [1.807, 2.05) is 10.6 Å². The lowest BCUT2D eigenvalue weighted by Crippen LogP contribution is -2.13. The lowest BCUT2D eigenvalue weighted by atomic mass is 10.1. The number of carbonyl (C=O) groups is 1. The molecule has 84 valence electrons. The molecule has 2 rings (SSSR count). The number of esters is 1. The van der Waals surface area contributed by atoms with Gasteiger partial charge in [0.25, 0.3) is 0 Å². The van der Waals surface area contributed by atoms with E-state index in [9.17, 15) is 4.79 Å². The summed E-state index contributed by atoms with van der Waals surface area (Å²) in [6.07, 6.45) is 6.94. The summed E-state index contributed by atoms with van der Waals surface area (Å²) in [5, 5.41) is 0. The van der Waals surface area contributed by atoms with Crippen LogP contribution in [0, 0.1) is 0 Å². The number of nitrogens with zero attached hydrogens (tertiary/aromatic N) is 3. The lowest BCUT2D eigenvalue weighted by molar-refractivity contribution is -0.144. The highest BCUT2D eigenvalue weighted by molar-refractivity contribution is 5.77. The first kappa shape index (κ1) is 10.6. The zero-order valence-electron chi connectivity index (χ0n) is 9.25. The third kappa shape index (κ3) is 1.88. The number of imidazole rings is 1.